The number of hydrogen-bond donors (Lipinski definition) is 1. The highest BCUT2D eigenvalue weighted by molar-refractivity contribution is 5.88. The van der Waals surface area contributed by atoms with Crippen LogP contribution in [-0.4, -0.2) is 55.7 Å². The van der Waals surface area contributed by atoms with Crippen molar-refractivity contribution in [1.82, 2.24) is 30.4 Å². The molecule has 1 aliphatic carbocycles. The Morgan fingerprint density at radius 1 is 1.12 bits per heavy atom. The number of nitrogens with one attached hydrogen (secondary N) is 1. The van der Waals surface area contributed by atoms with E-state index in [2.05, 4.69) is 20.8 Å². The lowest BCUT2D eigenvalue weighted by Crippen LogP contribution is -2.48. The molecular formula is C24H24F2N6O2. The minimum atomic E-state index is -1.32. The normalized spacial score (nSPS) is 20.8. The summed E-state index contributed by atoms with van der Waals surface area (Å²) in [7, 11) is 0. The number of rotatable bonds is 7. The summed E-state index contributed by atoms with van der Waals surface area (Å²) in [5.74, 6) is -0.980. The molecule has 3 unspecified atom stereocenters. The number of carbonyl (C=O) groups excluding carboxylic acids is 2. The Kier molecular flexibility index (Phi) is 6.04. The number of hydrogen-bond acceptors (Lipinski definition) is 5. The molecule has 2 aliphatic rings. The Bertz CT molecular complexity index is 1170. The molecule has 10 heteroatoms. The van der Waals surface area contributed by atoms with Crippen LogP contribution in [0.5, 0.6) is 0 Å². The van der Waals surface area contributed by atoms with Gasteiger partial charge in [-0.15, -0.1) is 5.10 Å². The SMILES string of the molecule is O=C(NC(c1ccccc1)c1ccc(C2CC2)c(F)c1)C1CC(F)CN1C(=O)Cn1cnnn1. The van der Waals surface area contributed by atoms with Crippen LogP contribution in [0.2, 0.25) is 0 Å². The van der Waals surface area contributed by atoms with Gasteiger partial charge in [-0.1, -0.05) is 42.5 Å². The molecule has 2 amide bonds. The number of amides is 2. The Morgan fingerprint density at radius 3 is 2.59 bits per heavy atom. The largest absolute Gasteiger partial charge is 0.343 e. The van der Waals surface area contributed by atoms with Crippen LogP contribution >= 0.6 is 0 Å². The lowest BCUT2D eigenvalue weighted by molar-refractivity contribution is -0.139. The van der Waals surface area contributed by atoms with Crippen molar-refractivity contribution in [3.05, 3.63) is 77.4 Å². The van der Waals surface area contributed by atoms with Gasteiger partial charge in [-0.2, -0.15) is 0 Å². The van der Waals surface area contributed by atoms with Crippen molar-refractivity contribution in [3.63, 3.8) is 0 Å². The van der Waals surface area contributed by atoms with Crippen molar-refractivity contribution in [2.24, 2.45) is 0 Å². The number of benzene rings is 2. The van der Waals surface area contributed by atoms with Gasteiger partial charge < -0.3 is 10.2 Å². The number of alkyl halides is 1. The second-order valence-electron chi connectivity index (χ2n) is 8.81. The first-order valence-corrected chi connectivity index (χ1v) is 11.3. The fourth-order valence-electron chi connectivity index (χ4n) is 4.48. The standard InChI is InChI=1S/C24H24F2N6O2/c25-18-11-21(32(12-18)22(33)13-31-14-27-29-30-31)24(34)28-23(16-4-2-1-3-5-16)17-8-9-19(15-6-7-15)20(26)10-17/h1-5,8-10,14-15,18,21,23H,6-7,11-13H2,(H,28,34). The van der Waals surface area contributed by atoms with Crippen LogP contribution in [-0.2, 0) is 16.1 Å². The van der Waals surface area contributed by atoms with Gasteiger partial charge in [0.15, 0.2) is 0 Å². The third-order valence-electron chi connectivity index (χ3n) is 6.36. The summed E-state index contributed by atoms with van der Waals surface area (Å²) in [6, 6.07) is 12.6. The van der Waals surface area contributed by atoms with Crippen LogP contribution in [0.4, 0.5) is 8.78 Å². The second kappa shape index (κ2) is 9.28. The van der Waals surface area contributed by atoms with Gasteiger partial charge in [-0.05, 0) is 51.9 Å². The molecule has 1 aromatic heterocycles. The van der Waals surface area contributed by atoms with Crippen molar-refractivity contribution in [3.8, 4) is 0 Å². The maximum atomic E-state index is 14.8. The first kappa shape index (κ1) is 22.1. The molecule has 3 atom stereocenters. The Hall–Kier alpha value is -3.69. The molecule has 1 N–H and O–H groups in total. The van der Waals surface area contributed by atoms with Crippen molar-refractivity contribution in [2.75, 3.05) is 6.54 Å². The van der Waals surface area contributed by atoms with Crippen LogP contribution in [0, 0.1) is 5.82 Å². The molecule has 34 heavy (non-hydrogen) atoms. The van der Waals surface area contributed by atoms with E-state index in [1.54, 1.807) is 6.07 Å². The lowest BCUT2D eigenvalue weighted by atomic mass is 9.96. The van der Waals surface area contributed by atoms with Crippen molar-refractivity contribution in [1.29, 1.82) is 0 Å². The van der Waals surface area contributed by atoms with Gasteiger partial charge in [0, 0.05) is 6.42 Å². The minimum absolute atomic E-state index is 0.107. The summed E-state index contributed by atoms with van der Waals surface area (Å²) < 4.78 is 30.4. The molecule has 1 saturated carbocycles. The van der Waals surface area contributed by atoms with E-state index in [1.165, 1.54) is 22.0 Å². The maximum absolute atomic E-state index is 14.8. The predicted octanol–water partition coefficient (Wildman–Crippen LogP) is 2.53. The number of nitrogens with zero attached hydrogens (tertiary/aromatic N) is 5. The van der Waals surface area contributed by atoms with Gasteiger partial charge in [0.05, 0.1) is 12.6 Å². The second-order valence-corrected chi connectivity index (χ2v) is 8.81. The van der Waals surface area contributed by atoms with Crippen molar-refractivity contribution >= 4 is 11.8 Å². The summed E-state index contributed by atoms with van der Waals surface area (Å²) in [4.78, 5) is 27.3. The monoisotopic (exact) mass is 466 g/mol. The number of aromatic nitrogens is 4. The average Bonchev–Trinajstić information content (AvgIpc) is 3.40. The van der Waals surface area contributed by atoms with Crippen LogP contribution < -0.4 is 5.32 Å². The predicted molar refractivity (Wildman–Crippen MR) is 118 cm³/mol. The summed E-state index contributed by atoms with van der Waals surface area (Å²) in [5, 5.41) is 13.6. The van der Waals surface area contributed by atoms with Crippen LogP contribution in [0.15, 0.2) is 54.9 Å². The fourth-order valence-corrected chi connectivity index (χ4v) is 4.48. The zero-order valence-electron chi connectivity index (χ0n) is 18.3. The highest BCUT2D eigenvalue weighted by atomic mass is 19.1. The molecule has 5 rings (SSSR count). The summed E-state index contributed by atoms with van der Waals surface area (Å²) >= 11 is 0. The molecule has 2 fully saturated rings. The smallest absolute Gasteiger partial charge is 0.245 e. The van der Waals surface area contributed by atoms with Crippen molar-refractivity contribution in [2.45, 2.75) is 50.0 Å². The van der Waals surface area contributed by atoms with Crippen molar-refractivity contribution < 1.29 is 18.4 Å². The zero-order valence-corrected chi connectivity index (χ0v) is 18.3. The number of halogens is 2. The van der Waals surface area contributed by atoms with E-state index in [4.69, 9.17) is 0 Å². The number of carbonyl (C=O) groups is 2. The van der Waals surface area contributed by atoms with E-state index < -0.39 is 30.1 Å². The van der Waals surface area contributed by atoms with E-state index in [0.29, 0.717) is 11.1 Å². The number of tetrazole rings is 1. The highest BCUT2D eigenvalue weighted by Crippen LogP contribution is 2.41. The average molecular weight is 466 g/mol. The third-order valence-corrected chi connectivity index (χ3v) is 6.36. The van der Waals surface area contributed by atoms with E-state index in [0.717, 1.165) is 18.4 Å². The fraction of sp³-hybridized carbons (Fsp3) is 0.375. The quantitative estimate of drug-likeness (QED) is 0.578. The molecular weight excluding hydrogens is 442 g/mol. The summed E-state index contributed by atoms with van der Waals surface area (Å²) in [6.07, 6.45) is 1.81. The molecule has 2 heterocycles. The van der Waals surface area contributed by atoms with Gasteiger partial charge in [0.25, 0.3) is 0 Å². The molecule has 3 aromatic rings. The number of likely N-dealkylation sites (tertiary alicyclic amines) is 1. The van der Waals surface area contributed by atoms with Gasteiger partial charge in [-0.25, -0.2) is 13.5 Å². The zero-order chi connectivity index (χ0) is 23.7. The molecule has 176 valence electrons. The van der Waals surface area contributed by atoms with E-state index >= 15 is 0 Å². The third kappa shape index (κ3) is 4.66. The lowest BCUT2D eigenvalue weighted by Gasteiger charge is -2.27. The van der Waals surface area contributed by atoms with Gasteiger partial charge in [0.1, 0.15) is 30.9 Å². The highest BCUT2D eigenvalue weighted by Gasteiger charge is 2.40. The molecule has 0 radical (unpaired) electrons. The summed E-state index contributed by atoms with van der Waals surface area (Å²) in [6.45, 7) is -0.376. The Balaban J connectivity index is 1.38. The molecule has 1 aliphatic heterocycles. The molecule has 0 spiro atoms. The topological polar surface area (TPSA) is 93.0 Å². The maximum Gasteiger partial charge on any atom is 0.245 e. The van der Waals surface area contributed by atoms with E-state index in [1.807, 2.05) is 36.4 Å². The van der Waals surface area contributed by atoms with Gasteiger partial charge in [0.2, 0.25) is 11.8 Å². The Labute approximate surface area is 194 Å². The van der Waals surface area contributed by atoms with Gasteiger partial charge in [-0.3, -0.25) is 9.59 Å². The van der Waals surface area contributed by atoms with Crippen LogP contribution in [0.25, 0.3) is 0 Å². The van der Waals surface area contributed by atoms with Crippen LogP contribution in [0.3, 0.4) is 0 Å². The summed E-state index contributed by atoms with van der Waals surface area (Å²) in [5.41, 5.74) is 2.04. The first-order chi connectivity index (χ1) is 16.5. The molecule has 2 aromatic carbocycles. The Morgan fingerprint density at radius 2 is 1.91 bits per heavy atom. The van der Waals surface area contributed by atoms with Gasteiger partial charge >= 0.3 is 0 Å². The molecule has 1 saturated heterocycles. The first-order valence-electron chi connectivity index (χ1n) is 11.3. The molecule has 0 bridgehead atoms. The minimum Gasteiger partial charge on any atom is -0.343 e. The molecule has 8 nitrogen and oxygen atoms in total. The van der Waals surface area contributed by atoms with Crippen LogP contribution in [0.1, 0.15) is 47.9 Å². The van der Waals surface area contributed by atoms with E-state index in [-0.39, 0.29) is 31.2 Å². The van der Waals surface area contributed by atoms with E-state index in [9.17, 15) is 18.4 Å².